The summed E-state index contributed by atoms with van der Waals surface area (Å²) in [4.78, 5) is 45.0. The van der Waals surface area contributed by atoms with E-state index in [1.165, 1.54) is 29.3 Å². The molecule has 0 saturated carbocycles. The Kier molecular flexibility index (Phi) is 6.51. The fraction of sp³-hybridized carbons (Fsp3) is 0.333. The molecule has 1 amide bonds. The molecule has 3 aromatic rings. The standard InChI is InChI=1S/C24H25FN4O3S/c1-15-4-6-20-18(12-15)23(32)27(3)24(26-20)33-14-22(31)29-10-8-28(9-11-29)21-7-5-17(16(2)30)13-19(21)25/h4-7,12-13H,8-11,14H2,1-3H3. The van der Waals surface area contributed by atoms with E-state index >= 15 is 0 Å². The molecule has 1 aliphatic heterocycles. The van der Waals surface area contributed by atoms with Crippen molar-refractivity contribution in [2.24, 2.45) is 7.05 Å². The van der Waals surface area contributed by atoms with Crippen molar-refractivity contribution < 1.29 is 14.0 Å². The number of amides is 1. The van der Waals surface area contributed by atoms with Crippen LogP contribution in [0.15, 0.2) is 46.3 Å². The molecule has 0 unspecified atom stereocenters. The van der Waals surface area contributed by atoms with E-state index in [2.05, 4.69) is 4.98 Å². The minimum Gasteiger partial charge on any atom is -0.366 e. The van der Waals surface area contributed by atoms with Crippen molar-refractivity contribution in [1.29, 1.82) is 0 Å². The van der Waals surface area contributed by atoms with Gasteiger partial charge >= 0.3 is 0 Å². The average Bonchev–Trinajstić information content (AvgIpc) is 2.80. The van der Waals surface area contributed by atoms with E-state index in [0.29, 0.717) is 53.5 Å². The van der Waals surface area contributed by atoms with Gasteiger partial charge in [-0.3, -0.25) is 19.0 Å². The fourth-order valence-corrected chi connectivity index (χ4v) is 4.76. The van der Waals surface area contributed by atoms with Gasteiger partial charge in [0.1, 0.15) is 5.82 Å². The summed E-state index contributed by atoms with van der Waals surface area (Å²) < 4.78 is 15.9. The van der Waals surface area contributed by atoms with Crippen LogP contribution in [0.3, 0.4) is 0 Å². The summed E-state index contributed by atoms with van der Waals surface area (Å²) in [6, 6.07) is 10.0. The molecule has 2 aromatic carbocycles. The van der Waals surface area contributed by atoms with Gasteiger partial charge < -0.3 is 9.80 Å². The third-order valence-corrected chi connectivity index (χ3v) is 6.86. The SMILES string of the molecule is CC(=O)c1ccc(N2CCN(C(=O)CSc3nc4ccc(C)cc4c(=O)n3C)CC2)c(F)c1. The number of Topliss-reactive ketones (excluding diaryl/α,β-unsaturated/α-hetero) is 1. The van der Waals surface area contributed by atoms with Crippen molar-refractivity contribution in [3.05, 3.63) is 63.7 Å². The zero-order valence-electron chi connectivity index (χ0n) is 18.8. The lowest BCUT2D eigenvalue weighted by molar-refractivity contribution is -0.128. The zero-order chi connectivity index (χ0) is 23.7. The highest BCUT2D eigenvalue weighted by Gasteiger charge is 2.23. The van der Waals surface area contributed by atoms with Crippen LogP contribution in [0.1, 0.15) is 22.8 Å². The third-order valence-electron chi connectivity index (χ3n) is 5.84. The molecule has 0 atom stereocenters. The van der Waals surface area contributed by atoms with Crippen molar-refractivity contribution in [1.82, 2.24) is 14.5 Å². The van der Waals surface area contributed by atoms with Crippen molar-refractivity contribution in [2.75, 3.05) is 36.8 Å². The van der Waals surface area contributed by atoms with Crippen LogP contribution in [0.4, 0.5) is 10.1 Å². The highest BCUT2D eigenvalue weighted by Crippen LogP contribution is 2.23. The summed E-state index contributed by atoms with van der Waals surface area (Å²) in [5, 5.41) is 1.06. The Balaban J connectivity index is 1.38. The number of hydrogen-bond donors (Lipinski definition) is 0. The summed E-state index contributed by atoms with van der Waals surface area (Å²) >= 11 is 1.24. The molecular formula is C24H25FN4O3S. The number of rotatable bonds is 5. The second kappa shape index (κ2) is 9.35. The van der Waals surface area contributed by atoms with Gasteiger partial charge in [0.25, 0.3) is 5.56 Å². The fourth-order valence-electron chi connectivity index (χ4n) is 3.89. The molecule has 0 radical (unpaired) electrons. The van der Waals surface area contributed by atoms with E-state index in [1.54, 1.807) is 24.1 Å². The van der Waals surface area contributed by atoms with E-state index in [4.69, 9.17) is 0 Å². The molecular weight excluding hydrogens is 443 g/mol. The van der Waals surface area contributed by atoms with Crippen LogP contribution in [-0.2, 0) is 11.8 Å². The van der Waals surface area contributed by atoms with Crippen LogP contribution >= 0.6 is 11.8 Å². The number of fused-ring (bicyclic) bond motifs is 1. The van der Waals surface area contributed by atoms with E-state index in [-0.39, 0.29) is 23.0 Å². The maximum absolute atomic E-state index is 14.5. The summed E-state index contributed by atoms with van der Waals surface area (Å²) in [6.07, 6.45) is 0. The number of halogens is 1. The monoisotopic (exact) mass is 468 g/mol. The molecule has 1 fully saturated rings. The largest absolute Gasteiger partial charge is 0.366 e. The second-order valence-corrected chi connectivity index (χ2v) is 9.10. The van der Waals surface area contributed by atoms with Gasteiger partial charge in [-0.2, -0.15) is 0 Å². The van der Waals surface area contributed by atoms with Crippen LogP contribution in [0.2, 0.25) is 0 Å². The number of thioether (sulfide) groups is 1. The second-order valence-electron chi connectivity index (χ2n) is 8.16. The van der Waals surface area contributed by atoms with Gasteiger partial charge in [-0.05, 0) is 44.2 Å². The first-order valence-corrected chi connectivity index (χ1v) is 11.7. The molecule has 1 aliphatic rings. The van der Waals surface area contributed by atoms with Gasteiger partial charge in [-0.1, -0.05) is 23.4 Å². The first-order valence-electron chi connectivity index (χ1n) is 10.7. The lowest BCUT2D eigenvalue weighted by Gasteiger charge is -2.36. The van der Waals surface area contributed by atoms with E-state index in [9.17, 15) is 18.8 Å². The van der Waals surface area contributed by atoms with Crippen LogP contribution < -0.4 is 10.5 Å². The Morgan fingerprint density at radius 1 is 1.09 bits per heavy atom. The summed E-state index contributed by atoms with van der Waals surface area (Å²) in [6.45, 7) is 5.27. The van der Waals surface area contributed by atoms with Crippen LogP contribution in [0, 0.1) is 12.7 Å². The molecule has 0 aliphatic carbocycles. The van der Waals surface area contributed by atoms with Gasteiger partial charge in [0, 0.05) is 38.8 Å². The molecule has 4 rings (SSSR count). The van der Waals surface area contributed by atoms with E-state index in [1.807, 2.05) is 30.0 Å². The number of nitrogens with zero attached hydrogens (tertiary/aromatic N) is 4. The molecule has 7 nitrogen and oxygen atoms in total. The molecule has 33 heavy (non-hydrogen) atoms. The first kappa shape index (κ1) is 23.0. The van der Waals surface area contributed by atoms with Crippen molar-refractivity contribution >= 4 is 40.0 Å². The molecule has 0 bridgehead atoms. The van der Waals surface area contributed by atoms with Gasteiger partial charge in [-0.25, -0.2) is 9.37 Å². The third kappa shape index (κ3) is 4.78. The lowest BCUT2D eigenvalue weighted by atomic mass is 10.1. The first-order chi connectivity index (χ1) is 15.7. The number of hydrogen-bond acceptors (Lipinski definition) is 6. The topological polar surface area (TPSA) is 75.5 Å². The quantitative estimate of drug-likeness (QED) is 0.326. The van der Waals surface area contributed by atoms with Crippen molar-refractivity contribution in [2.45, 2.75) is 19.0 Å². The van der Waals surface area contributed by atoms with Crippen molar-refractivity contribution in [3.8, 4) is 0 Å². The molecule has 1 saturated heterocycles. The number of aryl methyl sites for hydroxylation is 1. The molecule has 2 heterocycles. The summed E-state index contributed by atoms with van der Waals surface area (Å²) in [5.41, 5.74) is 2.25. The minimum absolute atomic E-state index is 0.0506. The van der Waals surface area contributed by atoms with Crippen LogP contribution in [0.25, 0.3) is 10.9 Å². The maximum atomic E-state index is 14.5. The van der Waals surface area contributed by atoms with Gasteiger partial charge in [0.2, 0.25) is 5.91 Å². The Bertz CT molecular complexity index is 1300. The number of anilines is 1. The lowest BCUT2D eigenvalue weighted by Crippen LogP contribution is -2.49. The molecule has 0 spiro atoms. The Hall–Kier alpha value is -3.20. The highest BCUT2D eigenvalue weighted by atomic mass is 32.2. The average molecular weight is 469 g/mol. The Morgan fingerprint density at radius 3 is 2.48 bits per heavy atom. The predicted octanol–water partition coefficient (Wildman–Crippen LogP) is 3.02. The number of carbonyl (C=O) groups is 2. The number of piperazine rings is 1. The van der Waals surface area contributed by atoms with E-state index < -0.39 is 5.82 Å². The van der Waals surface area contributed by atoms with Gasteiger partial charge in [0.15, 0.2) is 10.9 Å². The van der Waals surface area contributed by atoms with Gasteiger partial charge in [0.05, 0.1) is 22.3 Å². The molecule has 172 valence electrons. The summed E-state index contributed by atoms with van der Waals surface area (Å²) in [5.74, 6) is -0.497. The number of benzene rings is 2. The van der Waals surface area contributed by atoms with E-state index in [0.717, 1.165) is 5.56 Å². The minimum atomic E-state index is -0.434. The normalized spacial score (nSPS) is 14.1. The molecule has 0 N–H and O–H groups in total. The van der Waals surface area contributed by atoms with Gasteiger partial charge in [-0.15, -0.1) is 0 Å². The number of aromatic nitrogens is 2. The Labute approximate surface area is 195 Å². The number of ketones is 1. The molecule has 1 aromatic heterocycles. The maximum Gasteiger partial charge on any atom is 0.261 e. The van der Waals surface area contributed by atoms with Crippen molar-refractivity contribution in [3.63, 3.8) is 0 Å². The molecule has 9 heteroatoms. The zero-order valence-corrected chi connectivity index (χ0v) is 19.6. The van der Waals surface area contributed by atoms with Crippen LogP contribution in [-0.4, -0.2) is 58.1 Å². The number of carbonyl (C=O) groups excluding carboxylic acids is 2. The Morgan fingerprint density at radius 2 is 1.82 bits per heavy atom. The smallest absolute Gasteiger partial charge is 0.261 e. The highest BCUT2D eigenvalue weighted by molar-refractivity contribution is 7.99. The summed E-state index contributed by atoms with van der Waals surface area (Å²) in [7, 11) is 1.66. The van der Waals surface area contributed by atoms with Crippen LogP contribution in [0.5, 0.6) is 0 Å². The predicted molar refractivity (Wildman–Crippen MR) is 128 cm³/mol.